The Balaban J connectivity index is 0.000000385. The highest BCUT2D eigenvalue weighted by molar-refractivity contribution is 5.63. The van der Waals surface area contributed by atoms with E-state index < -0.39 is 6.09 Å². The molecule has 1 rings (SSSR count). The van der Waals surface area contributed by atoms with E-state index in [1.807, 2.05) is 5.32 Å². The second-order valence-corrected chi connectivity index (χ2v) is 2.52. The quantitative estimate of drug-likeness (QED) is 0.660. The molecule has 0 spiro atoms. The average Bonchev–Trinajstić information content (AvgIpc) is 2.29. The van der Waals surface area contributed by atoms with Crippen LogP contribution in [0.25, 0.3) is 0 Å². The van der Waals surface area contributed by atoms with Crippen LogP contribution in [0.2, 0.25) is 0 Å². The Kier molecular flexibility index (Phi) is 6.82. The summed E-state index contributed by atoms with van der Waals surface area (Å²) in [6, 6.07) is 6.70. The van der Waals surface area contributed by atoms with Crippen molar-refractivity contribution in [2.24, 2.45) is 0 Å². The van der Waals surface area contributed by atoms with Crippen LogP contribution in [0.4, 0.5) is 4.79 Å². The van der Waals surface area contributed by atoms with Crippen molar-refractivity contribution >= 4 is 6.09 Å². The zero-order valence-corrected chi connectivity index (χ0v) is 8.80. The molecule has 5 nitrogen and oxygen atoms in total. The molecule has 0 aromatic heterocycles. The molecule has 0 radical (unpaired) electrons. The number of aromatic hydroxyl groups is 1. The van der Waals surface area contributed by atoms with E-state index in [9.17, 15) is 4.79 Å². The predicted molar refractivity (Wildman–Crippen MR) is 59.5 cm³/mol. The third kappa shape index (κ3) is 6.16. The molecular weight excluding hydrogens is 210 g/mol. The van der Waals surface area contributed by atoms with Gasteiger partial charge < -0.3 is 20.3 Å². The Morgan fingerprint density at radius 1 is 1.56 bits per heavy atom. The van der Waals surface area contributed by atoms with Gasteiger partial charge >= 0.3 is 6.09 Å². The van der Waals surface area contributed by atoms with Crippen LogP contribution < -0.4 is 10.1 Å². The van der Waals surface area contributed by atoms with Gasteiger partial charge in [-0.2, -0.15) is 0 Å². The van der Waals surface area contributed by atoms with Gasteiger partial charge in [0, 0.05) is 7.05 Å². The molecule has 0 atom stereocenters. The number of benzene rings is 1. The molecule has 0 saturated carbocycles. The maximum Gasteiger partial charge on any atom is 0.404 e. The Morgan fingerprint density at radius 3 is 2.56 bits per heavy atom. The molecule has 0 aliphatic heterocycles. The van der Waals surface area contributed by atoms with Gasteiger partial charge in [0.05, 0.1) is 0 Å². The second-order valence-electron chi connectivity index (χ2n) is 2.52. The Bertz CT molecular complexity index is 370. The topological polar surface area (TPSA) is 78.8 Å². The number of carbonyl (C=O) groups is 1. The summed E-state index contributed by atoms with van der Waals surface area (Å²) in [5.74, 6) is 2.85. The Morgan fingerprint density at radius 2 is 2.12 bits per heavy atom. The van der Waals surface area contributed by atoms with Crippen LogP contribution in [-0.2, 0) is 0 Å². The summed E-state index contributed by atoms with van der Waals surface area (Å²) in [4.78, 5) is 9.26. The van der Waals surface area contributed by atoms with E-state index in [2.05, 4.69) is 5.92 Å². The highest BCUT2D eigenvalue weighted by atomic mass is 16.5. The number of amides is 1. The minimum absolute atomic E-state index is 0.114. The summed E-state index contributed by atoms with van der Waals surface area (Å²) in [6.45, 7) is 0.178. The average molecular weight is 223 g/mol. The minimum Gasteiger partial charge on any atom is -0.504 e. The van der Waals surface area contributed by atoms with Gasteiger partial charge in [0.25, 0.3) is 0 Å². The fourth-order valence-corrected chi connectivity index (χ4v) is 0.699. The van der Waals surface area contributed by atoms with Gasteiger partial charge in [-0.15, -0.1) is 6.42 Å². The van der Waals surface area contributed by atoms with E-state index >= 15 is 0 Å². The van der Waals surface area contributed by atoms with Gasteiger partial charge in [-0.05, 0) is 12.1 Å². The monoisotopic (exact) mass is 223 g/mol. The van der Waals surface area contributed by atoms with E-state index in [4.69, 9.17) is 21.4 Å². The molecular formula is C11H13NO4. The first-order valence-electron chi connectivity index (χ1n) is 4.36. The molecule has 1 aromatic carbocycles. The van der Waals surface area contributed by atoms with Gasteiger partial charge in [0.1, 0.15) is 6.61 Å². The molecule has 0 heterocycles. The van der Waals surface area contributed by atoms with E-state index in [-0.39, 0.29) is 12.4 Å². The number of carboxylic acid groups (broad SMARTS) is 1. The first kappa shape index (κ1) is 13.7. The minimum atomic E-state index is -0.995. The molecule has 0 aliphatic rings. The maximum absolute atomic E-state index is 9.26. The standard InChI is InChI=1S/C9H8O2.C2H5NO2/c1-2-7-11-9-6-4-3-5-8(9)10;1-3-2(4)5/h1,3-6,10H,7H2;3H,1H3,(H,4,5). The van der Waals surface area contributed by atoms with E-state index in [0.717, 1.165) is 0 Å². The fraction of sp³-hybridized carbons (Fsp3) is 0.182. The number of para-hydroxylation sites is 2. The summed E-state index contributed by atoms with van der Waals surface area (Å²) >= 11 is 0. The highest BCUT2D eigenvalue weighted by Crippen LogP contribution is 2.23. The summed E-state index contributed by atoms with van der Waals surface area (Å²) in [7, 11) is 1.35. The lowest BCUT2D eigenvalue weighted by atomic mass is 10.3. The van der Waals surface area contributed by atoms with E-state index in [1.165, 1.54) is 7.05 Å². The number of hydrogen-bond acceptors (Lipinski definition) is 3. The van der Waals surface area contributed by atoms with Crippen molar-refractivity contribution < 1.29 is 19.7 Å². The molecule has 86 valence electrons. The Hall–Kier alpha value is -2.35. The van der Waals surface area contributed by atoms with Gasteiger partial charge in [-0.3, -0.25) is 0 Å². The number of terminal acetylenes is 1. The molecule has 5 heteroatoms. The van der Waals surface area contributed by atoms with Crippen molar-refractivity contribution in [3.63, 3.8) is 0 Å². The SMILES string of the molecule is C#CCOc1ccccc1O.CNC(=O)O. The molecule has 0 fully saturated rings. The van der Waals surface area contributed by atoms with E-state index in [1.54, 1.807) is 24.3 Å². The second kappa shape index (κ2) is 8.00. The van der Waals surface area contributed by atoms with Crippen molar-refractivity contribution in [2.75, 3.05) is 13.7 Å². The number of phenolic OH excluding ortho intramolecular Hbond substituents is 1. The molecule has 3 N–H and O–H groups in total. The van der Waals surface area contributed by atoms with Crippen LogP contribution in [0, 0.1) is 12.3 Å². The lowest BCUT2D eigenvalue weighted by molar-refractivity contribution is 0.197. The lowest BCUT2D eigenvalue weighted by Gasteiger charge is -2.02. The summed E-state index contributed by atoms with van der Waals surface area (Å²) < 4.78 is 5.00. The summed E-state index contributed by atoms with van der Waals surface area (Å²) in [5, 5.41) is 18.7. The van der Waals surface area contributed by atoms with Crippen LogP contribution in [0.15, 0.2) is 24.3 Å². The highest BCUT2D eigenvalue weighted by Gasteiger charge is 1.96. The number of phenols is 1. The molecule has 0 unspecified atom stereocenters. The van der Waals surface area contributed by atoms with Gasteiger partial charge in [-0.25, -0.2) is 4.79 Å². The number of rotatable bonds is 2. The summed E-state index contributed by atoms with van der Waals surface area (Å²) in [6.07, 6.45) is 3.97. The lowest BCUT2D eigenvalue weighted by Crippen LogP contribution is -2.13. The molecule has 0 aliphatic carbocycles. The summed E-state index contributed by atoms with van der Waals surface area (Å²) in [5.41, 5.74) is 0. The first-order chi connectivity index (χ1) is 7.61. The zero-order chi connectivity index (χ0) is 12.4. The van der Waals surface area contributed by atoms with Crippen molar-refractivity contribution in [1.29, 1.82) is 0 Å². The fourth-order valence-electron chi connectivity index (χ4n) is 0.699. The number of ether oxygens (including phenoxy) is 1. The normalized spacial score (nSPS) is 8.00. The maximum atomic E-state index is 9.26. The predicted octanol–water partition coefficient (Wildman–Crippen LogP) is 1.29. The van der Waals surface area contributed by atoms with Crippen LogP contribution in [0.1, 0.15) is 0 Å². The smallest absolute Gasteiger partial charge is 0.404 e. The number of hydrogen-bond donors (Lipinski definition) is 3. The van der Waals surface area contributed by atoms with Crippen LogP contribution in [-0.4, -0.2) is 30.0 Å². The van der Waals surface area contributed by atoms with Gasteiger partial charge in [-0.1, -0.05) is 18.1 Å². The molecule has 0 bridgehead atoms. The van der Waals surface area contributed by atoms with Gasteiger partial charge in [0.2, 0.25) is 0 Å². The van der Waals surface area contributed by atoms with Crippen molar-refractivity contribution in [2.45, 2.75) is 0 Å². The molecule has 0 saturated heterocycles. The third-order valence-corrected chi connectivity index (χ3v) is 1.39. The van der Waals surface area contributed by atoms with Crippen molar-refractivity contribution in [1.82, 2.24) is 5.32 Å². The first-order valence-corrected chi connectivity index (χ1v) is 4.36. The van der Waals surface area contributed by atoms with Crippen LogP contribution in [0.3, 0.4) is 0 Å². The molecule has 1 amide bonds. The molecule has 1 aromatic rings. The van der Waals surface area contributed by atoms with Crippen molar-refractivity contribution in [3.8, 4) is 23.8 Å². The van der Waals surface area contributed by atoms with E-state index in [0.29, 0.717) is 5.75 Å². The van der Waals surface area contributed by atoms with Crippen LogP contribution in [0.5, 0.6) is 11.5 Å². The Labute approximate surface area is 93.7 Å². The van der Waals surface area contributed by atoms with Crippen LogP contribution >= 0.6 is 0 Å². The largest absolute Gasteiger partial charge is 0.504 e. The van der Waals surface area contributed by atoms with Gasteiger partial charge in [0.15, 0.2) is 11.5 Å². The number of nitrogens with one attached hydrogen (secondary N) is 1. The third-order valence-electron chi connectivity index (χ3n) is 1.39. The molecule has 16 heavy (non-hydrogen) atoms. The van der Waals surface area contributed by atoms with Crippen molar-refractivity contribution in [3.05, 3.63) is 24.3 Å². The zero-order valence-electron chi connectivity index (χ0n) is 8.80.